The molecule has 2 aromatic rings. The first kappa shape index (κ1) is 10.4. The van der Waals surface area contributed by atoms with Gasteiger partial charge in [0.15, 0.2) is 0 Å². The van der Waals surface area contributed by atoms with Crippen LogP contribution < -0.4 is 10.5 Å². The average molecular weight is 219 g/mol. The molecule has 0 saturated carbocycles. The van der Waals surface area contributed by atoms with E-state index in [1.54, 1.807) is 42.2 Å². The van der Waals surface area contributed by atoms with E-state index in [4.69, 9.17) is 10.5 Å². The van der Waals surface area contributed by atoms with Crippen LogP contribution in [-0.4, -0.2) is 14.9 Å². The summed E-state index contributed by atoms with van der Waals surface area (Å²) in [5.41, 5.74) is 6.59. The van der Waals surface area contributed by atoms with Crippen molar-refractivity contribution >= 4 is 5.82 Å². The molecule has 0 spiro atoms. The topological polar surface area (TPSA) is 73.3 Å². The van der Waals surface area contributed by atoms with Crippen molar-refractivity contribution in [3.8, 4) is 11.5 Å². The van der Waals surface area contributed by atoms with E-state index in [-0.39, 0.29) is 5.75 Å². The Balaban J connectivity index is 2.05. The Kier molecular flexibility index (Phi) is 2.68. The zero-order valence-corrected chi connectivity index (χ0v) is 8.92. The van der Waals surface area contributed by atoms with E-state index in [1.165, 1.54) is 0 Å². The van der Waals surface area contributed by atoms with Crippen LogP contribution in [0, 0.1) is 0 Å². The Labute approximate surface area is 93.1 Å². The van der Waals surface area contributed by atoms with Gasteiger partial charge in [-0.25, -0.2) is 0 Å². The summed E-state index contributed by atoms with van der Waals surface area (Å²) in [6.45, 7) is 0.336. The molecule has 5 heteroatoms. The van der Waals surface area contributed by atoms with Gasteiger partial charge in [-0.1, -0.05) is 6.07 Å². The van der Waals surface area contributed by atoms with E-state index in [0.29, 0.717) is 18.2 Å². The van der Waals surface area contributed by atoms with E-state index in [2.05, 4.69) is 5.10 Å². The molecule has 0 aliphatic rings. The lowest BCUT2D eigenvalue weighted by Crippen LogP contribution is -2.02. The van der Waals surface area contributed by atoms with Crippen LogP contribution in [0.4, 0.5) is 5.82 Å². The van der Waals surface area contributed by atoms with E-state index >= 15 is 0 Å². The second-order valence-electron chi connectivity index (χ2n) is 3.46. The molecule has 1 aromatic heterocycles. The summed E-state index contributed by atoms with van der Waals surface area (Å²) in [5.74, 6) is 1.36. The van der Waals surface area contributed by atoms with Gasteiger partial charge in [-0.2, -0.15) is 5.10 Å². The summed E-state index contributed by atoms with van der Waals surface area (Å²) in [7, 11) is 1.77. The first-order valence-electron chi connectivity index (χ1n) is 4.85. The van der Waals surface area contributed by atoms with Crippen LogP contribution >= 0.6 is 0 Å². The van der Waals surface area contributed by atoms with Crippen molar-refractivity contribution in [2.75, 3.05) is 5.73 Å². The quantitative estimate of drug-likeness (QED) is 0.815. The minimum atomic E-state index is 0.177. The molecule has 1 aromatic carbocycles. The maximum atomic E-state index is 9.25. The van der Waals surface area contributed by atoms with Crippen LogP contribution in [0.25, 0.3) is 0 Å². The highest BCUT2D eigenvalue weighted by atomic mass is 16.5. The highest BCUT2D eigenvalue weighted by Crippen LogP contribution is 2.20. The standard InChI is InChI=1S/C11H13N3O2/c1-14-11(12)8(6-13-14)7-16-10-4-2-3-9(15)5-10/h2-6,15H,7,12H2,1H3. The number of aromatic nitrogens is 2. The lowest BCUT2D eigenvalue weighted by Gasteiger charge is -2.05. The van der Waals surface area contributed by atoms with Crippen LogP contribution in [0.15, 0.2) is 30.5 Å². The predicted octanol–water partition coefficient (Wildman–Crippen LogP) is 1.29. The summed E-state index contributed by atoms with van der Waals surface area (Å²) >= 11 is 0. The molecule has 0 atom stereocenters. The highest BCUT2D eigenvalue weighted by molar-refractivity contribution is 5.38. The number of aryl methyl sites for hydroxylation is 1. The fourth-order valence-corrected chi connectivity index (χ4v) is 1.34. The van der Waals surface area contributed by atoms with Crippen LogP contribution in [-0.2, 0) is 13.7 Å². The molecule has 0 amide bonds. The second kappa shape index (κ2) is 4.14. The minimum Gasteiger partial charge on any atom is -0.508 e. The lowest BCUT2D eigenvalue weighted by atomic mass is 10.3. The van der Waals surface area contributed by atoms with Crippen molar-refractivity contribution in [3.63, 3.8) is 0 Å². The molecule has 84 valence electrons. The lowest BCUT2D eigenvalue weighted by molar-refractivity contribution is 0.305. The van der Waals surface area contributed by atoms with Crippen molar-refractivity contribution in [3.05, 3.63) is 36.0 Å². The molecule has 0 fully saturated rings. The molecule has 0 bridgehead atoms. The number of phenols is 1. The molecule has 0 aliphatic heterocycles. The highest BCUT2D eigenvalue weighted by Gasteiger charge is 2.05. The van der Waals surface area contributed by atoms with Crippen molar-refractivity contribution in [1.29, 1.82) is 0 Å². The number of hydrogen-bond donors (Lipinski definition) is 2. The van der Waals surface area contributed by atoms with Crippen LogP contribution in [0.3, 0.4) is 0 Å². The number of hydrogen-bond acceptors (Lipinski definition) is 4. The Morgan fingerprint density at radius 1 is 1.50 bits per heavy atom. The Hall–Kier alpha value is -2.17. The maximum Gasteiger partial charge on any atom is 0.127 e. The fourth-order valence-electron chi connectivity index (χ4n) is 1.34. The van der Waals surface area contributed by atoms with Gasteiger partial charge in [0.05, 0.1) is 11.8 Å². The number of nitrogens with two attached hydrogens (primary N) is 1. The zero-order chi connectivity index (χ0) is 11.5. The van der Waals surface area contributed by atoms with Gasteiger partial charge in [-0.05, 0) is 12.1 Å². The molecule has 0 saturated heterocycles. The molecule has 16 heavy (non-hydrogen) atoms. The molecule has 0 unspecified atom stereocenters. The Morgan fingerprint density at radius 2 is 2.31 bits per heavy atom. The smallest absolute Gasteiger partial charge is 0.127 e. The maximum absolute atomic E-state index is 9.25. The van der Waals surface area contributed by atoms with Gasteiger partial charge in [-0.15, -0.1) is 0 Å². The molecule has 2 rings (SSSR count). The average Bonchev–Trinajstić information content (AvgIpc) is 2.57. The first-order chi connectivity index (χ1) is 7.66. The third kappa shape index (κ3) is 2.08. The van der Waals surface area contributed by atoms with E-state index in [1.807, 2.05) is 0 Å². The third-order valence-electron chi connectivity index (χ3n) is 2.28. The Morgan fingerprint density at radius 3 is 2.94 bits per heavy atom. The molecule has 3 N–H and O–H groups in total. The molecule has 1 heterocycles. The largest absolute Gasteiger partial charge is 0.508 e. The number of nitrogen functional groups attached to an aromatic ring is 1. The van der Waals surface area contributed by atoms with E-state index in [0.717, 1.165) is 5.56 Å². The monoisotopic (exact) mass is 219 g/mol. The van der Waals surface area contributed by atoms with Gasteiger partial charge in [0.1, 0.15) is 23.9 Å². The first-order valence-corrected chi connectivity index (χ1v) is 4.85. The number of rotatable bonds is 3. The molecular weight excluding hydrogens is 206 g/mol. The van der Waals surface area contributed by atoms with Crippen LogP contribution in [0.5, 0.6) is 11.5 Å². The predicted molar refractivity (Wildman–Crippen MR) is 60.1 cm³/mol. The van der Waals surface area contributed by atoms with Crippen LogP contribution in [0.2, 0.25) is 0 Å². The van der Waals surface area contributed by atoms with Gasteiger partial charge >= 0.3 is 0 Å². The number of phenolic OH excluding ortho intramolecular Hbond substituents is 1. The number of aromatic hydroxyl groups is 1. The second-order valence-corrected chi connectivity index (χ2v) is 3.46. The summed E-state index contributed by atoms with van der Waals surface area (Å²) < 4.78 is 7.06. The normalized spacial score (nSPS) is 10.3. The summed E-state index contributed by atoms with van der Waals surface area (Å²) in [4.78, 5) is 0. The third-order valence-corrected chi connectivity index (χ3v) is 2.28. The summed E-state index contributed by atoms with van der Waals surface area (Å²) in [6.07, 6.45) is 1.66. The number of ether oxygens (including phenoxy) is 1. The molecule has 0 radical (unpaired) electrons. The van der Waals surface area contributed by atoms with Crippen molar-refractivity contribution in [1.82, 2.24) is 9.78 Å². The SMILES string of the molecule is Cn1ncc(COc2cccc(O)c2)c1N. The number of benzene rings is 1. The zero-order valence-electron chi connectivity index (χ0n) is 8.92. The number of anilines is 1. The molecule has 5 nitrogen and oxygen atoms in total. The van der Waals surface area contributed by atoms with E-state index in [9.17, 15) is 5.11 Å². The molecule has 0 aliphatic carbocycles. The summed E-state index contributed by atoms with van der Waals surface area (Å²) in [6, 6.07) is 6.63. The Bertz CT molecular complexity index is 494. The molecular formula is C11H13N3O2. The van der Waals surface area contributed by atoms with Crippen LogP contribution in [0.1, 0.15) is 5.56 Å². The summed E-state index contributed by atoms with van der Waals surface area (Å²) in [5, 5.41) is 13.3. The van der Waals surface area contributed by atoms with Gasteiger partial charge in [0, 0.05) is 13.1 Å². The van der Waals surface area contributed by atoms with E-state index < -0.39 is 0 Å². The van der Waals surface area contributed by atoms with Crippen molar-refractivity contribution in [2.45, 2.75) is 6.61 Å². The fraction of sp³-hybridized carbons (Fsp3) is 0.182. The number of nitrogens with zero attached hydrogens (tertiary/aromatic N) is 2. The van der Waals surface area contributed by atoms with Gasteiger partial charge in [0.25, 0.3) is 0 Å². The van der Waals surface area contributed by atoms with Crippen molar-refractivity contribution in [2.24, 2.45) is 7.05 Å². The van der Waals surface area contributed by atoms with Gasteiger partial charge in [0.2, 0.25) is 0 Å². The van der Waals surface area contributed by atoms with Gasteiger partial charge in [-0.3, -0.25) is 4.68 Å². The minimum absolute atomic E-state index is 0.177. The van der Waals surface area contributed by atoms with Crippen molar-refractivity contribution < 1.29 is 9.84 Å². The van der Waals surface area contributed by atoms with Gasteiger partial charge < -0.3 is 15.6 Å².